The first-order chi connectivity index (χ1) is 8.67. The van der Waals surface area contributed by atoms with Crippen molar-refractivity contribution in [2.75, 3.05) is 14.2 Å². The Hall–Kier alpha value is -1.42. The highest BCUT2D eigenvalue weighted by Crippen LogP contribution is 2.20. The summed E-state index contributed by atoms with van der Waals surface area (Å²) >= 11 is 0. The lowest BCUT2D eigenvalue weighted by atomic mass is 10.1. The van der Waals surface area contributed by atoms with E-state index in [1.807, 2.05) is 18.2 Å². The van der Waals surface area contributed by atoms with Crippen molar-refractivity contribution in [3.8, 4) is 0 Å². The molecule has 0 amide bonds. The van der Waals surface area contributed by atoms with Gasteiger partial charge in [0.25, 0.3) is 0 Å². The van der Waals surface area contributed by atoms with Crippen molar-refractivity contribution in [2.45, 2.75) is 38.2 Å². The van der Waals surface area contributed by atoms with Crippen LogP contribution in [0.3, 0.4) is 0 Å². The van der Waals surface area contributed by atoms with Gasteiger partial charge in [-0.15, -0.1) is 0 Å². The van der Waals surface area contributed by atoms with Crippen LogP contribution in [0.2, 0.25) is 0 Å². The van der Waals surface area contributed by atoms with Crippen LogP contribution in [0, 0.1) is 0 Å². The van der Waals surface area contributed by atoms with Gasteiger partial charge in [0, 0.05) is 20.0 Å². The summed E-state index contributed by atoms with van der Waals surface area (Å²) in [5, 5.41) is 0. The van der Waals surface area contributed by atoms with Gasteiger partial charge >= 0.3 is 5.97 Å². The number of esters is 1. The van der Waals surface area contributed by atoms with E-state index in [-0.39, 0.29) is 17.9 Å². The molecule has 100 valence electrons. The van der Waals surface area contributed by atoms with Crippen molar-refractivity contribution in [3.05, 3.63) is 23.8 Å². The number of carbonyl (C=O) groups is 2. The van der Waals surface area contributed by atoms with Crippen molar-refractivity contribution in [1.29, 1.82) is 0 Å². The molecule has 0 heterocycles. The van der Waals surface area contributed by atoms with Gasteiger partial charge in [0.05, 0.1) is 13.2 Å². The molecule has 0 aromatic heterocycles. The number of Topliss-reactive ketones (excluding diaryl/α,β-unsaturated/α-hetero) is 1. The van der Waals surface area contributed by atoms with Crippen LogP contribution in [0.15, 0.2) is 23.8 Å². The van der Waals surface area contributed by atoms with Gasteiger partial charge in [-0.05, 0) is 30.9 Å². The highest BCUT2D eigenvalue weighted by Gasteiger charge is 2.22. The summed E-state index contributed by atoms with van der Waals surface area (Å²) in [4.78, 5) is 22.4. The van der Waals surface area contributed by atoms with Crippen molar-refractivity contribution in [1.82, 2.24) is 0 Å². The maximum absolute atomic E-state index is 11.5. The van der Waals surface area contributed by atoms with Gasteiger partial charge in [-0.2, -0.15) is 0 Å². The summed E-state index contributed by atoms with van der Waals surface area (Å²) in [5.74, 6) is -0.0129. The summed E-state index contributed by atoms with van der Waals surface area (Å²) in [7, 11) is 3.00. The molecule has 4 heteroatoms. The normalized spacial score (nSPS) is 19.3. The number of methoxy groups -OCH3 is 2. The van der Waals surface area contributed by atoms with Gasteiger partial charge in [-0.3, -0.25) is 9.59 Å². The molecule has 0 aromatic rings. The van der Waals surface area contributed by atoms with Crippen molar-refractivity contribution in [3.63, 3.8) is 0 Å². The fourth-order valence-electron chi connectivity index (χ4n) is 1.82. The van der Waals surface area contributed by atoms with E-state index in [0.29, 0.717) is 19.3 Å². The van der Waals surface area contributed by atoms with Gasteiger partial charge in [0.1, 0.15) is 0 Å². The van der Waals surface area contributed by atoms with Crippen molar-refractivity contribution in [2.24, 2.45) is 0 Å². The average Bonchev–Trinajstić information content (AvgIpc) is 2.74. The number of hydrogen-bond donors (Lipinski definition) is 0. The quantitative estimate of drug-likeness (QED) is 0.396. The molecule has 0 fully saturated rings. The monoisotopic (exact) mass is 252 g/mol. The van der Waals surface area contributed by atoms with Crippen LogP contribution >= 0.6 is 0 Å². The minimum absolute atomic E-state index is 0.0553. The predicted octanol–water partition coefficient (Wildman–Crippen LogP) is 2.19. The first-order valence-corrected chi connectivity index (χ1v) is 6.16. The van der Waals surface area contributed by atoms with E-state index in [4.69, 9.17) is 4.74 Å². The summed E-state index contributed by atoms with van der Waals surface area (Å²) < 4.78 is 9.67. The molecule has 1 atom stereocenters. The highest BCUT2D eigenvalue weighted by atomic mass is 16.5. The average molecular weight is 252 g/mol. The van der Waals surface area contributed by atoms with E-state index in [0.717, 1.165) is 18.4 Å². The lowest BCUT2D eigenvalue weighted by molar-refractivity contribution is -0.140. The molecule has 1 aliphatic carbocycles. The van der Waals surface area contributed by atoms with Crippen LogP contribution in [0.1, 0.15) is 32.1 Å². The van der Waals surface area contributed by atoms with Gasteiger partial charge in [-0.1, -0.05) is 12.2 Å². The molecule has 0 saturated carbocycles. The molecule has 4 nitrogen and oxygen atoms in total. The Bertz CT molecular complexity index is 355. The summed E-state index contributed by atoms with van der Waals surface area (Å²) in [6, 6.07) is 0. The summed E-state index contributed by atoms with van der Waals surface area (Å²) in [6.07, 6.45) is 8.95. The second kappa shape index (κ2) is 7.82. The minimum atomic E-state index is -0.181. The zero-order valence-electron chi connectivity index (χ0n) is 11.0. The van der Waals surface area contributed by atoms with Crippen LogP contribution in [0.4, 0.5) is 0 Å². The highest BCUT2D eigenvalue weighted by molar-refractivity contribution is 5.98. The van der Waals surface area contributed by atoms with Gasteiger partial charge < -0.3 is 9.47 Å². The molecular formula is C14H20O4. The van der Waals surface area contributed by atoms with Gasteiger partial charge in [0.2, 0.25) is 0 Å². The second-order valence-electron chi connectivity index (χ2n) is 4.24. The molecule has 0 spiro atoms. The molecule has 18 heavy (non-hydrogen) atoms. The number of rotatable bonds is 7. The molecule has 1 rings (SSSR count). The Morgan fingerprint density at radius 1 is 1.44 bits per heavy atom. The second-order valence-corrected chi connectivity index (χ2v) is 4.24. The summed E-state index contributed by atoms with van der Waals surface area (Å²) in [6.45, 7) is 0. The molecule has 0 aliphatic heterocycles. The molecule has 0 aromatic carbocycles. The van der Waals surface area contributed by atoms with Crippen molar-refractivity contribution >= 4 is 11.8 Å². The first kappa shape index (κ1) is 14.6. The largest absolute Gasteiger partial charge is 0.469 e. The van der Waals surface area contributed by atoms with Crippen LogP contribution in [-0.4, -0.2) is 32.1 Å². The summed E-state index contributed by atoms with van der Waals surface area (Å²) in [5.41, 5.74) is 0.825. The van der Waals surface area contributed by atoms with Crippen LogP contribution in [0.25, 0.3) is 0 Å². The van der Waals surface area contributed by atoms with E-state index >= 15 is 0 Å². The Kier molecular flexibility index (Phi) is 6.36. The van der Waals surface area contributed by atoms with E-state index in [2.05, 4.69) is 4.74 Å². The smallest absolute Gasteiger partial charge is 0.305 e. The Labute approximate surface area is 108 Å². The number of allylic oxidation sites excluding steroid dienone is 3. The van der Waals surface area contributed by atoms with Crippen LogP contribution in [-0.2, 0) is 19.1 Å². The fourth-order valence-corrected chi connectivity index (χ4v) is 1.82. The maximum Gasteiger partial charge on any atom is 0.305 e. The standard InChI is InChI=1S/C14H20O4/c1-17-12-9-11(13(15)10-12)7-5-3-4-6-8-14(16)18-2/h3,5,9,12H,4,6-8,10H2,1-2H3/b5-3-. The molecule has 0 bridgehead atoms. The third-order valence-electron chi connectivity index (χ3n) is 2.92. The molecule has 0 N–H and O–H groups in total. The third kappa shape index (κ3) is 4.84. The van der Waals surface area contributed by atoms with E-state index in [1.54, 1.807) is 7.11 Å². The zero-order chi connectivity index (χ0) is 13.4. The fraction of sp³-hybridized carbons (Fsp3) is 0.571. The van der Waals surface area contributed by atoms with E-state index in [9.17, 15) is 9.59 Å². The maximum atomic E-state index is 11.5. The number of carbonyl (C=O) groups excluding carboxylic acids is 2. The number of ketones is 1. The number of hydrogen-bond acceptors (Lipinski definition) is 4. The Morgan fingerprint density at radius 3 is 2.83 bits per heavy atom. The molecular weight excluding hydrogens is 232 g/mol. The number of ether oxygens (including phenoxy) is 2. The molecule has 0 radical (unpaired) electrons. The SMILES string of the molecule is COC(=O)CCC/C=C\CC1=CC(OC)CC1=O. The topological polar surface area (TPSA) is 52.6 Å². The van der Waals surface area contributed by atoms with E-state index in [1.165, 1.54) is 7.11 Å². The molecule has 1 aliphatic rings. The first-order valence-electron chi connectivity index (χ1n) is 6.16. The Balaban J connectivity index is 2.20. The van der Waals surface area contributed by atoms with Crippen LogP contribution in [0.5, 0.6) is 0 Å². The van der Waals surface area contributed by atoms with Gasteiger partial charge in [-0.25, -0.2) is 0 Å². The van der Waals surface area contributed by atoms with E-state index < -0.39 is 0 Å². The number of unbranched alkanes of at least 4 members (excludes halogenated alkanes) is 1. The molecule has 0 saturated heterocycles. The predicted molar refractivity (Wildman–Crippen MR) is 68.1 cm³/mol. The van der Waals surface area contributed by atoms with Crippen LogP contribution < -0.4 is 0 Å². The Morgan fingerprint density at radius 2 is 2.22 bits per heavy atom. The zero-order valence-corrected chi connectivity index (χ0v) is 11.0. The molecule has 1 unspecified atom stereocenters. The lowest BCUT2D eigenvalue weighted by Gasteiger charge is -1.99. The van der Waals surface area contributed by atoms with Crippen molar-refractivity contribution < 1.29 is 19.1 Å². The van der Waals surface area contributed by atoms with Gasteiger partial charge in [0.15, 0.2) is 5.78 Å². The lowest BCUT2D eigenvalue weighted by Crippen LogP contribution is -2.04. The third-order valence-corrected chi connectivity index (χ3v) is 2.92. The minimum Gasteiger partial charge on any atom is -0.469 e.